The predicted molar refractivity (Wildman–Crippen MR) is 55.9 cm³/mol. The summed E-state index contributed by atoms with van der Waals surface area (Å²) in [6.07, 6.45) is 1.47. The van der Waals surface area contributed by atoms with Gasteiger partial charge in [-0.25, -0.2) is 4.68 Å². The molecule has 5 nitrogen and oxygen atoms in total. The van der Waals surface area contributed by atoms with E-state index in [0.29, 0.717) is 12.0 Å². The van der Waals surface area contributed by atoms with Crippen LogP contribution in [0.1, 0.15) is 55.3 Å². The molecule has 0 aromatic carbocycles. The molecule has 0 radical (unpaired) electrons. The Labute approximate surface area is 89.1 Å². The van der Waals surface area contributed by atoms with Crippen molar-refractivity contribution < 1.29 is 9.90 Å². The second-order valence-electron chi connectivity index (χ2n) is 3.82. The van der Waals surface area contributed by atoms with E-state index in [9.17, 15) is 9.90 Å². The highest BCUT2D eigenvalue weighted by molar-refractivity contribution is 5.73. The maximum atomic E-state index is 10.8. The molecule has 1 heterocycles. The van der Waals surface area contributed by atoms with Gasteiger partial charge in [0.05, 0.1) is 18.3 Å². The number of rotatable bonds is 5. The van der Waals surface area contributed by atoms with Gasteiger partial charge in [0.1, 0.15) is 5.69 Å². The number of carbonyl (C=O) groups is 1. The molecule has 0 spiro atoms. The Balaban J connectivity index is 3.17. The quantitative estimate of drug-likeness (QED) is 0.742. The van der Waals surface area contributed by atoms with Crippen molar-refractivity contribution in [3.63, 3.8) is 0 Å². The van der Waals surface area contributed by atoms with Gasteiger partial charge < -0.3 is 5.11 Å². The highest BCUT2D eigenvalue weighted by Gasteiger charge is 2.20. The molecule has 0 aliphatic carbocycles. The van der Waals surface area contributed by atoms with Gasteiger partial charge in [0.2, 0.25) is 0 Å². The van der Waals surface area contributed by atoms with E-state index >= 15 is 0 Å². The summed E-state index contributed by atoms with van der Waals surface area (Å²) in [6.45, 7) is 5.93. The minimum atomic E-state index is -0.0939. The normalized spacial score (nSPS) is 13.1. The average Bonchev–Trinajstić information content (AvgIpc) is 2.63. The minimum Gasteiger partial charge on any atom is -0.394 e. The van der Waals surface area contributed by atoms with Gasteiger partial charge in [-0.3, -0.25) is 4.79 Å². The van der Waals surface area contributed by atoms with E-state index < -0.39 is 0 Å². The van der Waals surface area contributed by atoms with Crippen LogP contribution in [-0.2, 0) is 0 Å². The lowest BCUT2D eigenvalue weighted by molar-refractivity contribution is 0.111. The number of aliphatic hydroxyl groups excluding tert-OH is 1. The van der Waals surface area contributed by atoms with Crippen molar-refractivity contribution in [3.05, 3.63) is 11.4 Å². The van der Waals surface area contributed by atoms with Crippen LogP contribution < -0.4 is 0 Å². The van der Waals surface area contributed by atoms with E-state index in [-0.39, 0.29) is 18.6 Å². The van der Waals surface area contributed by atoms with Gasteiger partial charge in [-0.05, 0) is 12.3 Å². The van der Waals surface area contributed by atoms with E-state index in [1.54, 1.807) is 4.68 Å². The van der Waals surface area contributed by atoms with Crippen LogP contribution in [0.4, 0.5) is 0 Å². The largest absolute Gasteiger partial charge is 0.394 e. The fourth-order valence-electron chi connectivity index (χ4n) is 1.61. The third-order valence-corrected chi connectivity index (χ3v) is 2.44. The van der Waals surface area contributed by atoms with Gasteiger partial charge in [0.25, 0.3) is 0 Å². The zero-order valence-electron chi connectivity index (χ0n) is 9.34. The first-order valence-corrected chi connectivity index (χ1v) is 5.16. The van der Waals surface area contributed by atoms with Gasteiger partial charge in [-0.1, -0.05) is 26.0 Å². The van der Waals surface area contributed by atoms with Crippen LogP contribution >= 0.6 is 0 Å². The summed E-state index contributed by atoms with van der Waals surface area (Å²) in [5.41, 5.74) is 1.17. The summed E-state index contributed by atoms with van der Waals surface area (Å²) in [4.78, 5) is 10.8. The van der Waals surface area contributed by atoms with Crippen molar-refractivity contribution >= 4 is 6.29 Å². The Bertz CT molecular complexity index is 329. The number of aliphatic hydroxyl groups is 1. The topological polar surface area (TPSA) is 68.0 Å². The Morgan fingerprint density at radius 1 is 1.53 bits per heavy atom. The maximum Gasteiger partial charge on any atom is 0.172 e. The van der Waals surface area contributed by atoms with Crippen molar-refractivity contribution in [1.29, 1.82) is 0 Å². The number of hydrogen-bond donors (Lipinski definition) is 1. The highest BCUT2D eigenvalue weighted by Crippen LogP contribution is 2.21. The second kappa shape index (κ2) is 5.02. The third-order valence-electron chi connectivity index (χ3n) is 2.44. The first kappa shape index (κ1) is 11.8. The molecule has 1 unspecified atom stereocenters. The molecule has 0 saturated carbocycles. The Kier molecular flexibility index (Phi) is 3.96. The third kappa shape index (κ3) is 2.23. The Morgan fingerprint density at radius 2 is 2.20 bits per heavy atom. The highest BCUT2D eigenvalue weighted by atomic mass is 16.3. The van der Waals surface area contributed by atoms with E-state index in [0.717, 1.165) is 12.1 Å². The molecule has 0 aliphatic rings. The first-order valence-electron chi connectivity index (χ1n) is 5.16. The lowest BCUT2D eigenvalue weighted by atomic mass is 10.1. The van der Waals surface area contributed by atoms with Crippen LogP contribution in [0.5, 0.6) is 0 Å². The fraction of sp³-hybridized carbons (Fsp3) is 0.700. The molecule has 1 N–H and O–H groups in total. The fourth-order valence-corrected chi connectivity index (χ4v) is 1.61. The molecule has 5 heteroatoms. The van der Waals surface area contributed by atoms with Crippen molar-refractivity contribution in [2.75, 3.05) is 6.61 Å². The smallest absolute Gasteiger partial charge is 0.172 e. The summed E-state index contributed by atoms with van der Waals surface area (Å²) >= 11 is 0. The van der Waals surface area contributed by atoms with Crippen molar-refractivity contribution in [2.45, 2.75) is 39.2 Å². The van der Waals surface area contributed by atoms with Crippen molar-refractivity contribution in [3.8, 4) is 0 Å². The second-order valence-corrected chi connectivity index (χ2v) is 3.82. The number of aromatic nitrogens is 3. The maximum absolute atomic E-state index is 10.8. The SMILES string of the molecule is CCC(CO)n1nnc(C=O)c1C(C)C. The van der Waals surface area contributed by atoms with Gasteiger partial charge in [-0.2, -0.15) is 0 Å². The van der Waals surface area contributed by atoms with Gasteiger partial charge >= 0.3 is 0 Å². The summed E-state index contributed by atoms with van der Waals surface area (Å²) < 4.78 is 1.66. The molecule has 0 fully saturated rings. The Morgan fingerprint density at radius 3 is 2.60 bits per heavy atom. The van der Waals surface area contributed by atoms with Crippen molar-refractivity contribution in [1.82, 2.24) is 15.0 Å². The first-order chi connectivity index (χ1) is 7.15. The summed E-state index contributed by atoms with van der Waals surface area (Å²) in [5, 5.41) is 16.9. The summed E-state index contributed by atoms with van der Waals surface area (Å²) in [5.74, 6) is 0.167. The molecule has 0 bridgehead atoms. The molecule has 15 heavy (non-hydrogen) atoms. The lowest BCUT2D eigenvalue weighted by Crippen LogP contribution is -2.17. The van der Waals surface area contributed by atoms with Gasteiger partial charge in [-0.15, -0.1) is 5.10 Å². The molecule has 1 rings (SSSR count). The standard InChI is InChI=1S/C10H17N3O2/c1-4-8(5-14)13-10(7(2)3)9(6-15)11-12-13/h6-8,14H,4-5H2,1-3H3. The van der Waals surface area contributed by atoms with Crippen LogP contribution in [0.15, 0.2) is 0 Å². The molecule has 1 aromatic heterocycles. The van der Waals surface area contributed by atoms with E-state index in [4.69, 9.17) is 0 Å². The monoisotopic (exact) mass is 211 g/mol. The van der Waals surface area contributed by atoms with Crippen LogP contribution in [0.2, 0.25) is 0 Å². The average molecular weight is 211 g/mol. The van der Waals surface area contributed by atoms with E-state index in [2.05, 4.69) is 10.3 Å². The van der Waals surface area contributed by atoms with Crippen LogP contribution in [0, 0.1) is 0 Å². The molecule has 1 aromatic rings. The number of carbonyl (C=O) groups excluding carboxylic acids is 1. The van der Waals surface area contributed by atoms with Gasteiger partial charge in [0.15, 0.2) is 6.29 Å². The van der Waals surface area contributed by atoms with E-state index in [1.165, 1.54) is 0 Å². The number of hydrogen-bond acceptors (Lipinski definition) is 4. The lowest BCUT2D eigenvalue weighted by Gasteiger charge is -2.16. The molecule has 1 atom stereocenters. The summed E-state index contributed by atoms with van der Waals surface area (Å²) in [6, 6.07) is -0.0939. The summed E-state index contributed by atoms with van der Waals surface area (Å²) in [7, 11) is 0. The molecular weight excluding hydrogens is 194 g/mol. The van der Waals surface area contributed by atoms with Crippen LogP contribution in [0.25, 0.3) is 0 Å². The van der Waals surface area contributed by atoms with Gasteiger partial charge in [0, 0.05) is 0 Å². The van der Waals surface area contributed by atoms with Crippen molar-refractivity contribution in [2.24, 2.45) is 0 Å². The van der Waals surface area contributed by atoms with E-state index in [1.807, 2.05) is 20.8 Å². The molecule has 84 valence electrons. The molecule has 0 aliphatic heterocycles. The molecule has 0 saturated heterocycles. The molecule has 0 amide bonds. The molecular formula is C10H17N3O2. The number of aldehydes is 1. The predicted octanol–water partition coefficient (Wildman–Crippen LogP) is 1.16. The number of nitrogens with zero attached hydrogens (tertiary/aromatic N) is 3. The minimum absolute atomic E-state index is 0.0118. The Hall–Kier alpha value is -1.23. The van der Waals surface area contributed by atoms with Crippen LogP contribution in [-0.4, -0.2) is 33.0 Å². The zero-order valence-corrected chi connectivity index (χ0v) is 9.34. The zero-order chi connectivity index (χ0) is 11.4. The van der Waals surface area contributed by atoms with Crippen LogP contribution in [0.3, 0.4) is 0 Å².